The zero-order chi connectivity index (χ0) is 12.1. The first-order valence-electron chi connectivity index (χ1n) is 4.93. The van der Waals surface area contributed by atoms with Gasteiger partial charge in [-0.05, 0) is 18.1 Å². The predicted octanol–water partition coefficient (Wildman–Crippen LogP) is 1.40. The number of nitrogens with zero attached hydrogens (tertiary/aromatic N) is 1. The van der Waals surface area contributed by atoms with E-state index in [0.29, 0.717) is 23.1 Å². The minimum atomic E-state index is -0.516. The fourth-order valence-corrected chi connectivity index (χ4v) is 1.62. The van der Waals surface area contributed by atoms with E-state index in [9.17, 15) is 9.90 Å². The first kappa shape index (κ1) is 12.2. The van der Waals surface area contributed by atoms with Crippen LogP contribution >= 0.6 is 0 Å². The number of aliphatic hydroxyl groups excluding tert-OH is 1. The summed E-state index contributed by atoms with van der Waals surface area (Å²) in [5, 5.41) is 18.1. The molecule has 4 nitrogen and oxygen atoms in total. The van der Waals surface area contributed by atoms with Crippen LogP contribution in [-0.2, 0) is 17.8 Å². The number of carbonyl (C=O) groups excluding carboxylic acids is 1. The van der Waals surface area contributed by atoms with Gasteiger partial charge in [0, 0.05) is 5.56 Å². The summed E-state index contributed by atoms with van der Waals surface area (Å²) in [7, 11) is 1.28. The van der Waals surface area contributed by atoms with Crippen LogP contribution in [0.5, 0.6) is 0 Å². The lowest BCUT2D eigenvalue weighted by Gasteiger charge is -2.11. The van der Waals surface area contributed by atoms with Gasteiger partial charge < -0.3 is 9.84 Å². The van der Waals surface area contributed by atoms with Gasteiger partial charge in [-0.25, -0.2) is 4.79 Å². The highest BCUT2D eigenvalue weighted by Crippen LogP contribution is 2.21. The van der Waals surface area contributed by atoms with Gasteiger partial charge in [0.15, 0.2) is 0 Å². The van der Waals surface area contributed by atoms with Gasteiger partial charge in [0.05, 0.1) is 30.9 Å². The Morgan fingerprint density at radius 1 is 1.56 bits per heavy atom. The average Bonchev–Trinajstić information content (AvgIpc) is 2.35. The Morgan fingerprint density at radius 2 is 2.25 bits per heavy atom. The monoisotopic (exact) mass is 219 g/mol. The number of hydrogen-bond donors (Lipinski definition) is 1. The van der Waals surface area contributed by atoms with Crippen molar-refractivity contribution in [2.75, 3.05) is 7.11 Å². The first-order valence-corrected chi connectivity index (χ1v) is 4.93. The molecule has 0 amide bonds. The molecule has 0 aliphatic carbocycles. The largest absolute Gasteiger partial charge is 0.465 e. The van der Waals surface area contributed by atoms with E-state index >= 15 is 0 Å². The van der Waals surface area contributed by atoms with Crippen LogP contribution in [0.1, 0.15) is 34.0 Å². The molecule has 0 aliphatic rings. The standard InChI is InChI=1S/C12H13NO3/c1-3-8-4-5-9(6-13)10(7-14)11(8)12(15)16-2/h4-5,14H,3,7H2,1-2H3. The molecule has 0 aromatic heterocycles. The van der Waals surface area contributed by atoms with Crippen LogP contribution in [0.4, 0.5) is 0 Å². The second-order valence-corrected chi connectivity index (χ2v) is 3.24. The molecule has 1 rings (SSSR count). The SMILES string of the molecule is CCc1ccc(C#N)c(CO)c1C(=O)OC. The summed E-state index contributed by atoms with van der Waals surface area (Å²) in [6.07, 6.45) is 0.642. The van der Waals surface area contributed by atoms with E-state index in [1.807, 2.05) is 13.0 Å². The van der Waals surface area contributed by atoms with Crippen molar-refractivity contribution in [2.24, 2.45) is 0 Å². The van der Waals surface area contributed by atoms with Crippen LogP contribution in [-0.4, -0.2) is 18.2 Å². The lowest BCUT2D eigenvalue weighted by molar-refractivity contribution is 0.0596. The van der Waals surface area contributed by atoms with Crippen LogP contribution in [0.3, 0.4) is 0 Å². The smallest absolute Gasteiger partial charge is 0.338 e. The van der Waals surface area contributed by atoms with Gasteiger partial charge in [0.2, 0.25) is 0 Å². The van der Waals surface area contributed by atoms with E-state index in [2.05, 4.69) is 4.74 Å². The third-order valence-electron chi connectivity index (χ3n) is 2.45. The second-order valence-electron chi connectivity index (χ2n) is 3.24. The Morgan fingerprint density at radius 3 is 2.69 bits per heavy atom. The lowest BCUT2D eigenvalue weighted by atomic mass is 9.95. The number of hydrogen-bond acceptors (Lipinski definition) is 4. The molecule has 0 radical (unpaired) electrons. The van der Waals surface area contributed by atoms with Gasteiger partial charge in [-0.2, -0.15) is 5.26 Å². The van der Waals surface area contributed by atoms with Gasteiger partial charge in [0.25, 0.3) is 0 Å². The zero-order valence-electron chi connectivity index (χ0n) is 9.28. The number of benzene rings is 1. The highest BCUT2D eigenvalue weighted by molar-refractivity contribution is 5.93. The predicted molar refractivity (Wildman–Crippen MR) is 57.8 cm³/mol. The maximum atomic E-state index is 11.6. The van der Waals surface area contributed by atoms with Crippen molar-refractivity contribution in [3.63, 3.8) is 0 Å². The summed E-state index contributed by atoms with van der Waals surface area (Å²) in [6, 6.07) is 5.27. The Balaban J connectivity index is 3.50. The van der Waals surface area contributed by atoms with E-state index in [1.54, 1.807) is 12.1 Å². The molecule has 0 unspecified atom stereocenters. The van der Waals surface area contributed by atoms with E-state index < -0.39 is 5.97 Å². The number of nitriles is 1. The van der Waals surface area contributed by atoms with Crippen molar-refractivity contribution < 1.29 is 14.6 Å². The number of esters is 1. The molecule has 0 atom stereocenters. The van der Waals surface area contributed by atoms with Crippen LogP contribution in [0.2, 0.25) is 0 Å². The average molecular weight is 219 g/mol. The number of aliphatic hydroxyl groups is 1. The fraction of sp³-hybridized carbons (Fsp3) is 0.333. The summed E-state index contributed by atoms with van der Waals surface area (Å²) in [6.45, 7) is 1.55. The molecule has 0 bridgehead atoms. The second kappa shape index (κ2) is 5.29. The van der Waals surface area contributed by atoms with E-state index in [0.717, 1.165) is 5.56 Å². The first-order chi connectivity index (χ1) is 7.69. The van der Waals surface area contributed by atoms with Crippen molar-refractivity contribution in [3.05, 3.63) is 34.4 Å². The summed E-state index contributed by atoms with van der Waals surface area (Å²) in [5.74, 6) is -0.516. The minimum Gasteiger partial charge on any atom is -0.465 e. The Bertz CT molecular complexity index is 446. The van der Waals surface area contributed by atoms with Crippen LogP contribution in [0.25, 0.3) is 0 Å². The molecule has 0 spiro atoms. The fourth-order valence-electron chi connectivity index (χ4n) is 1.62. The number of carbonyl (C=O) groups is 1. The molecule has 0 heterocycles. The molecule has 0 aliphatic heterocycles. The number of rotatable bonds is 3. The maximum Gasteiger partial charge on any atom is 0.338 e. The van der Waals surface area contributed by atoms with Crippen LogP contribution < -0.4 is 0 Å². The quantitative estimate of drug-likeness (QED) is 0.780. The van der Waals surface area contributed by atoms with Gasteiger partial charge in [-0.1, -0.05) is 13.0 Å². The molecule has 0 saturated carbocycles. The van der Waals surface area contributed by atoms with Gasteiger partial charge in [0.1, 0.15) is 0 Å². The normalized spacial score (nSPS) is 9.62. The molecule has 0 fully saturated rings. The summed E-state index contributed by atoms with van der Waals surface area (Å²) in [5.41, 5.74) is 1.73. The number of methoxy groups -OCH3 is 1. The van der Waals surface area contributed by atoms with Crippen molar-refractivity contribution in [3.8, 4) is 6.07 Å². The van der Waals surface area contributed by atoms with E-state index in [-0.39, 0.29) is 6.61 Å². The molecule has 4 heteroatoms. The number of ether oxygens (including phenoxy) is 1. The Kier molecular flexibility index (Phi) is 4.03. The molecule has 0 saturated heterocycles. The zero-order valence-corrected chi connectivity index (χ0v) is 9.28. The highest BCUT2D eigenvalue weighted by Gasteiger charge is 2.18. The van der Waals surface area contributed by atoms with Gasteiger partial charge in [-0.15, -0.1) is 0 Å². The van der Waals surface area contributed by atoms with Gasteiger partial charge in [-0.3, -0.25) is 0 Å². The third-order valence-corrected chi connectivity index (χ3v) is 2.45. The molecule has 1 N–H and O–H groups in total. The van der Waals surface area contributed by atoms with Crippen LogP contribution in [0, 0.1) is 11.3 Å². The highest BCUT2D eigenvalue weighted by atomic mass is 16.5. The molecule has 1 aromatic carbocycles. The summed E-state index contributed by atoms with van der Waals surface area (Å²) in [4.78, 5) is 11.6. The topological polar surface area (TPSA) is 70.3 Å². The molecule has 16 heavy (non-hydrogen) atoms. The van der Waals surface area contributed by atoms with Crippen molar-refractivity contribution in [2.45, 2.75) is 20.0 Å². The minimum absolute atomic E-state index is 0.306. The summed E-state index contributed by atoms with van der Waals surface area (Å²) < 4.78 is 4.66. The summed E-state index contributed by atoms with van der Waals surface area (Å²) >= 11 is 0. The van der Waals surface area contributed by atoms with Crippen molar-refractivity contribution in [1.29, 1.82) is 5.26 Å². The van der Waals surface area contributed by atoms with Crippen molar-refractivity contribution >= 4 is 5.97 Å². The molecule has 84 valence electrons. The third kappa shape index (κ3) is 2.05. The maximum absolute atomic E-state index is 11.6. The van der Waals surface area contributed by atoms with E-state index in [4.69, 9.17) is 5.26 Å². The Labute approximate surface area is 94.1 Å². The molecule has 1 aromatic rings. The molecular weight excluding hydrogens is 206 g/mol. The molecular formula is C12H13NO3. The lowest BCUT2D eigenvalue weighted by Crippen LogP contribution is -2.11. The van der Waals surface area contributed by atoms with Crippen molar-refractivity contribution in [1.82, 2.24) is 0 Å². The Hall–Kier alpha value is -1.86. The van der Waals surface area contributed by atoms with Crippen LogP contribution in [0.15, 0.2) is 12.1 Å². The number of aryl methyl sites for hydroxylation is 1. The van der Waals surface area contributed by atoms with E-state index in [1.165, 1.54) is 7.11 Å². The van der Waals surface area contributed by atoms with Gasteiger partial charge >= 0.3 is 5.97 Å².